The molecule has 0 radical (unpaired) electrons. The van der Waals surface area contributed by atoms with Gasteiger partial charge in [0.2, 0.25) is 0 Å². The summed E-state index contributed by atoms with van der Waals surface area (Å²) >= 11 is 0. The maximum absolute atomic E-state index is 5.75. The van der Waals surface area contributed by atoms with Crippen LogP contribution in [0.2, 0.25) is 0 Å². The Labute approximate surface area is 87.6 Å². The molecule has 0 heterocycles. The molecule has 0 spiro atoms. The minimum Gasteiger partial charge on any atom is -0.329 e. The first-order chi connectivity index (χ1) is 6.77. The van der Waals surface area contributed by atoms with Crippen LogP contribution in [0.15, 0.2) is 0 Å². The van der Waals surface area contributed by atoms with Crippen LogP contribution in [0.5, 0.6) is 0 Å². The van der Waals surface area contributed by atoms with Crippen LogP contribution in [0, 0.1) is 24.2 Å². The lowest BCUT2D eigenvalue weighted by Crippen LogP contribution is -2.43. The van der Waals surface area contributed by atoms with E-state index in [1.54, 1.807) is 0 Å². The largest absolute Gasteiger partial charge is 0.329 e. The molecule has 1 unspecified atom stereocenters. The van der Waals surface area contributed by atoms with Crippen molar-refractivity contribution in [3.8, 4) is 12.3 Å². The van der Waals surface area contributed by atoms with Gasteiger partial charge in [-0.25, -0.2) is 0 Å². The van der Waals surface area contributed by atoms with Gasteiger partial charge in [0.1, 0.15) is 0 Å². The summed E-state index contributed by atoms with van der Waals surface area (Å²) in [5.41, 5.74) is 5.75. The Hall–Kier alpha value is -0.520. The fourth-order valence-corrected chi connectivity index (χ4v) is 2.32. The Balaban J connectivity index is 2.33. The standard InChI is InChI=1S/C12H22N2/c1-3-8-14-12(9-13)11-6-4-10(2)5-7-11/h1,10-12,14H,4-9,13H2,2H3. The zero-order chi connectivity index (χ0) is 10.4. The van der Waals surface area contributed by atoms with E-state index in [9.17, 15) is 0 Å². The summed E-state index contributed by atoms with van der Waals surface area (Å²) < 4.78 is 0. The van der Waals surface area contributed by atoms with Crippen LogP contribution >= 0.6 is 0 Å². The molecule has 80 valence electrons. The van der Waals surface area contributed by atoms with Gasteiger partial charge in [0.25, 0.3) is 0 Å². The lowest BCUT2D eigenvalue weighted by molar-refractivity contribution is 0.236. The SMILES string of the molecule is C#CCNC(CN)C1CCC(C)CC1. The molecular formula is C12H22N2. The van der Waals surface area contributed by atoms with Gasteiger partial charge in [0.05, 0.1) is 6.54 Å². The minimum absolute atomic E-state index is 0.429. The van der Waals surface area contributed by atoms with Crippen molar-refractivity contribution < 1.29 is 0 Å². The average Bonchev–Trinajstić information content (AvgIpc) is 2.21. The van der Waals surface area contributed by atoms with Crippen LogP contribution in [0.1, 0.15) is 32.6 Å². The van der Waals surface area contributed by atoms with Crippen molar-refractivity contribution >= 4 is 0 Å². The second kappa shape index (κ2) is 6.06. The monoisotopic (exact) mass is 194 g/mol. The van der Waals surface area contributed by atoms with E-state index >= 15 is 0 Å². The van der Waals surface area contributed by atoms with E-state index in [-0.39, 0.29) is 0 Å². The summed E-state index contributed by atoms with van der Waals surface area (Å²) in [6, 6.07) is 0.429. The van der Waals surface area contributed by atoms with Crippen molar-refractivity contribution in [1.29, 1.82) is 0 Å². The number of hydrogen-bond acceptors (Lipinski definition) is 2. The van der Waals surface area contributed by atoms with Gasteiger partial charge in [0, 0.05) is 12.6 Å². The molecule has 0 aromatic rings. The maximum Gasteiger partial charge on any atom is 0.0576 e. The molecule has 1 atom stereocenters. The molecule has 2 heteroatoms. The zero-order valence-corrected chi connectivity index (χ0v) is 9.13. The third-order valence-corrected chi connectivity index (χ3v) is 3.35. The van der Waals surface area contributed by atoms with Gasteiger partial charge in [-0.3, -0.25) is 0 Å². The van der Waals surface area contributed by atoms with Gasteiger partial charge in [-0.15, -0.1) is 6.42 Å². The quantitative estimate of drug-likeness (QED) is 0.663. The summed E-state index contributed by atoms with van der Waals surface area (Å²) in [4.78, 5) is 0. The van der Waals surface area contributed by atoms with Crippen LogP contribution in [-0.2, 0) is 0 Å². The van der Waals surface area contributed by atoms with Gasteiger partial charge in [-0.2, -0.15) is 0 Å². The Bertz CT molecular complexity index is 187. The highest BCUT2D eigenvalue weighted by molar-refractivity contribution is 4.90. The summed E-state index contributed by atoms with van der Waals surface area (Å²) in [7, 11) is 0. The second-order valence-corrected chi connectivity index (χ2v) is 4.45. The molecule has 0 amide bonds. The third-order valence-electron chi connectivity index (χ3n) is 3.35. The van der Waals surface area contributed by atoms with E-state index in [0.717, 1.165) is 11.8 Å². The Morgan fingerprint density at radius 2 is 2.07 bits per heavy atom. The Kier molecular flexibility index (Phi) is 5.00. The molecule has 1 aliphatic rings. The van der Waals surface area contributed by atoms with Crippen molar-refractivity contribution in [2.45, 2.75) is 38.6 Å². The van der Waals surface area contributed by atoms with E-state index < -0.39 is 0 Å². The van der Waals surface area contributed by atoms with E-state index in [1.807, 2.05) is 0 Å². The molecule has 0 aromatic heterocycles. The highest BCUT2D eigenvalue weighted by Gasteiger charge is 2.24. The van der Waals surface area contributed by atoms with Crippen LogP contribution in [0.4, 0.5) is 0 Å². The molecule has 1 rings (SSSR count). The number of nitrogens with one attached hydrogen (secondary N) is 1. The van der Waals surface area contributed by atoms with E-state index in [4.69, 9.17) is 12.2 Å². The average molecular weight is 194 g/mol. The second-order valence-electron chi connectivity index (χ2n) is 4.45. The lowest BCUT2D eigenvalue weighted by atomic mass is 9.79. The molecule has 3 N–H and O–H groups in total. The molecule has 1 aliphatic carbocycles. The molecule has 0 bridgehead atoms. The van der Waals surface area contributed by atoms with Crippen molar-refractivity contribution in [2.75, 3.05) is 13.1 Å². The van der Waals surface area contributed by atoms with Crippen molar-refractivity contribution in [2.24, 2.45) is 17.6 Å². The first-order valence-electron chi connectivity index (χ1n) is 5.64. The number of rotatable bonds is 4. The van der Waals surface area contributed by atoms with E-state index in [2.05, 4.69) is 18.2 Å². The molecule has 0 aromatic carbocycles. The van der Waals surface area contributed by atoms with Crippen LogP contribution in [0.25, 0.3) is 0 Å². The highest BCUT2D eigenvalue weighted by atomic mass is 14.9. The van der Waals surface area contributed by atoms with Crippen molar-refractivity contribution in [3.05, 3.63) is 0 Å². The third kappa shape index (κ3) is 3.32. The number of terminal acetylenes is 1. The van der Waals surface area contributed by atoms with Crippen molar-refractivity contribution in [3.63, 3.8) is 0 Å². The molecule has 0 saturated heterocycles. The lowest BCUT2D eigenvalue weighted by Gasteiger charge is -2.32. The predicted octanol–water partition coefficient (Wildman–Crippen LogP) is 1.36. The minimum atomic E-state index is 0.429. The first kappa shape index (κ1) is 11.6. The molecule has 1 fully saturated rings. The van der Waals surface area contributed by atoms with E-state index in [1.165, 1.54) is 25.7 Å². The van der Waals surface area contributed by atoms with Gasteiger partial charge >= 0.3 is 0 Å². The van der Waals surface area contributed by atoms with Crippen LogP contribution in [0.3, 0.4) is 0 Å². The summed E-state index contributed by atoms with van der Waals surface area (Å²) in [6.07, 6.45) is 10.5. The fourth-order valence-electron chi connectivity index (χ4n) is 2.32. The maximum atomic E-state index is 5.75. The molecule has 1 saturated carbocycles. The van der Waals surface area contributed by atoms with Gasteiger partial charge in [-0.1, -0.05) is 25.7 Å². The number of nitrogens with two attached hydrogens (primary N) is 1. The molecular weight excluding hydrogens is 172 g/mol. The van der Waals surface area contributed by atoms with Crippen LogP contribution in [-0.4, -0.2) is 19.1 Å². The zero-order valence-electron chi connectivity index (χ0n) is 9.13. The predicted molar refractivity (Wildman–Crippen MR) is 60.8 cm³/mol. The van der Waals surface area contributed by atoms with Crippen LogP contribution < -0.4 is 11.1 Å². The summed E-state index contributed by atoms with van der Waals surface area (Å²) in [5.74, 6) is 4.25. The summed E-state index contributed by atoms with van der Waals surface area (Å²) in [6.45, 7) is 3.69. The van der Waals surface area contributed by atoms with E-state index in [0.29, 0.717) is 19.1 Å². The molecule has 14 heavy (non-hydrogen) atoms. The van der Waals surface area contributed by atoms with Crippen molar-refractivity contribution in [1.82, 2.24) is 5.32 Å². The van der Waals surface area contributed by atoms with Gasteiger partial charge in [0.15, 0.2) is 0 Å². The Morgan fingerprint density at radius 3 is 2.57 bits per heavy atom. The smallest absolute Gasteiger partial charge is 0.0576 e. The normalized spacial score (nSPS) is 29.5. The molecule has 0 aliphatic heterocycles. The highest BCUT2D eigenvalue weighted by Crippen LogP contribution is 2.30. The Morgan fingerprint density at radius 1 is 1.43 bits per heavy atom. The topological polar surface area (TPSA) is 38.0 Å². The fraction of sp³-hybridized carbons (Fsp3) is 0.833. The number of hydrogen-bond donors (Lipinski definition) is 2. The molecule has 2 nitrogen and oxygen atoms in total. The first-order valence-corrected chi connectivity index (χ1v) is 5.64. The van der Waals surface area contributed by atoms with Gasteiger partial charge in [-0.05, 0) is 24.7 Å². The summed E-state index contributed by atoms with van der Waals surface area (Å²) in [5, 5.41) is 3.34. The van der Waals surface area contributed by atoms with Gasteiger partial charge < -0.3 is 11.1 Å².